The quantitative estimate of drug-likeness (QED) is 0.888. The number of benzene rings is 2. The molecule has 0 saturated carbocycles. The van der Waals surface area contributed by atoms with Crippen LogP contribution in [0.3, 0.4) is 0 Å². The average molecular weight is 256 g/mol. The topological polar surface area (TPSA) is 29.5 Å². The highest BCUT2D eigenvalue weighted by Gasteiger charge is 2.13. The molecule has 2 unspecified atom stereocenters. The molecule has 0 radical (unpaired) electrons. The van der Waals surface area contributed by atoms with Crippen molar-refractivity contribution in [1.29, 1.82) is 0 Å². The Morgan fingerprint density at radius 1 is 1.00 bits per heavy atom. The van der Waals surface area contributed by atoms with Crippen LogP contribution in [0.1, 0.15) is 42.7 Å². The molecular weight excluding hydrogens is 236 g/mol. The molecular formula is C17H20O2. The SMILES string of the molecule is Cc1ccc(C(C)O)c(OC(C)c2ccccc2)c1. The van der Waals surface area contributed by atoms with Crippen LogP contribution in [-0.2, 0) is 0 Å². The van der Waals surface area contributed by atoms with Gasteiger partial charge in [-0.05, 0) is 38.0 Å². The molecule has 2 heteroatoms. The van der Waals surface area contributed by atoms with Gasteiger partial charge in [-0.3, -0.25) is 0 Å². The molecule has 2 aromatic carbocycles. The molecule has 1 N–H and O–H groups in total. The van der Waals surface area contributed by atoms with Crippen molar-refractivity contribution in [2.75, 3.05) is 0 Å². The molecule has 0 fully saturated rings. The van der Waals surface area contributed by atoms with Gasteiger partial charge in [-0.1, -0.05) is 42.5 Å². The molecule has 2 aromatic rings. The summed E-state index contributed by atoms with van der Waals surface area (Å²) in [5, 5.41) is 9.80. The minimum Gasteiger partial charge on any atom is -0.486 e. The highest BCUT2D eigenvalue weighted by atomic mass is 16.5. The summed E-state index contributed by atoms with van der Waals surface area (Å²) in [7, 11) is 0. The molecule has 100 valence electrons. The van der Waals surface area contributed by atoms with Crippen LogP contribution in [0.5, 0.6) is 5.75 Å². The first-order valence-electron chi connectivity index (χ1n) is 6.58. The maximum absolute atomic E-state index is 9.80. The molecule has 0 amide bonds. The highest BCUT2D eigenvalue weighted by Crippen LogP contribution is 2.30. The second-order valence-electron chi connectivity index (χ2n) is 4.89. The predicted octanol–water partition coefficient (Wildman–Crippen LogP) is 4.19. The molecule has 0 spiro atoms. The van der Waals surface area contributed by atoms with Gasteiger partial charge in [-0.2, -0.15) is 0 Å². The van der Waals surface area contributed by atoms with Crippen molar-refractivity contribution in [3.63, 3.8) is 0 Å². The molecule has 0 aliphatic carbocycles. The molecule has 0 aliphatic rings. The van der Waals surface area contributed by atoms with Crippen molar-refractivity contribution >= 4 is 0 Å². The van der Waals surface area contributed by atoms with Gasteiger partial charge in [0.05, 0.1) is 6.10 Å². The van der Waals surface area contributed by atoms with Crippen molar-refractivity contribution in [3.05, 3.63) is 65.2 Å². The summed E-state index contributed by atoms with van der Waals surface area (Å²) >= 11 is 0. The minimum atomic E-state index is -0.529. The van der Waals surface area contributed by atoms with Crippen LogP contribution in [0.15, 0.2) is 48.5 Å². The van der Waals surface area contributed by atoms with Gasteiger partial charge in [-0.25, -0.2) is 0 Å². The molecule has 0 heterocycles. The van der Waals surface area contributed by atoms with Crippen molar-refractivity contribution in [2.45, 2.75) is 33.0 Å². The zero-order valence-corrected chi connectivity index (χ0v) is 11.6. The third-order valence-corrected chi connectivity index (χ3v) is 3.19. The number of ether oxygens (including phenoxy) is 1. The maximum Gasteiger partial charge on any atom is 0.126 e. The summed E-state index contributed by atoms with van der Waals surface area (Å²) < 4.78 is 6.01. The fourth-order valence-electron chi connectivity index (χ4n) is 2.07. The van der Waals surface area contributed by atoms with Gasteiger partial charge in [0.15, 0.2) is 0 Å². The lowest BCUT2D eigenvalue weighted by atomic mass is 10.1. The van der Waals surface area contributed by atoms with E-state index in [1.165, 1.54) is 0 Å². The lowest BCUT2D eigenvalue weighted by Gasteiger charge is -2.19. The third-order valence-electron chi connectivity index (χ3n) is 3.19. The third kappa shape index (κ3) is 3.36. The van der Waals surface area contributed by atoms with Gasteiger partial charge in [0.25, 0.3) is 0 Å². The molecule has 2 nitrogen and oxygen atoms in total. The number of aryl methyl sites for hydroxylation is 1. The van der Waals surface area contributed by atoms with E-state index >= 15 is 0 Å². The Morgan fingerprint density at radius 2 is 1.68 bits per heavy atom. The molecule has 2 atom stereocenters. The zero-order valence-electron chi connectivity index (χ0n) is 11.6. The number of rotatable bonds is 4. The van der Waals surface area contributed by atoms with E-state index in [9.17, 15) is 5.11 Å². The van der Waals surface area contributed by atoms with Crippen LogP contribution in [0.4, 0.5) is 0 Å². The summed E-state index contributed by atoms with van der Waals surface area (Å²) in [6.07, 6.45) is -0.570. The summed E-state index contributed by atoms with van der Waals surface area (Å²) in [5.74, 6) is 0.756. The number of aliphatic hydroxyl groups is 1. The van der Waals surface area contributed by atoms with E-state index in [0.29, 0.717) is 0 Å². The minimum absolute atomic E-state index is 0.0412. The van der Waals surface area contributed by atoms with Crippen molar-refractivity contribution < 1.29 is 9.84 Å². The molecule has 0 aromatic heterocycles. The zero-order chi connectivity index (χ0) is 13.8. The van der Waals surface area contributed by atoms with Crippen LogP contribution in [0, 0.1) is 6.92 Å². The molecule has 0 saturated heterocycles. The summed E-state index contributed by atoms with van der Waals surface area (Å²) in [6.45, 7) is 5.79. The van der Waals surface area contributed by atoms with Gasteiger partial charge in [0.2, 0.25) is 0 Å². The fourth-order valence-corrected chi connectivity index (χ4v) is 2.07. The predicted molar refractivity (Wildman–Crippen MR) is 77.3 cm³/mol. The largest absolute Gasteiger partial charge is 0.486 e. The summed E-state index contributed by atoms with van der Waals surface area (Å²) in [4.78, 5) is 0. The first kappa shape index (κ1) is 13.6. The van der Waals surface area contributed by atoms with Crippen LogP contribution >= 0.6 is 0 Å². The van der Waals surface area contributed by atoms with Crippen molar-refractivity contribution in [2.24, 2.45) is 0 Å². The lowest BCUT2D eigenvalue weighted by molar-refractivity contribution is 0.179. The van der Waals surface area contributed by atoms with E-state index in [0.717, 1.165) is 22.4 Å². The Balaban J connectivity index is 2.25. The fraction of sp³-hybridized carbons (Fsp3) is 0.294. The summed E-state index contributed by atoms with van der Waals surface area (Å²) in [5.41, 5.74) is 3.08. The summed E-state index contributed by atoms with van der Waals surface area (Å²) in [6, 6.07) is 16.0. The van der Waals surface area contributed by atoms with E-state index in [2.05, 4.69) is 0 Å². The second kappa shape index (κ2) is 5.89. The van der Waals surface area contributed by atoms with E-state index in [4.69, 9.17) is 4.74 Å². The van der Waals surface area contributed by atoms with Gasteiger partial charge >= 0.3 is 0 Å². The lowest BCUT2D eigenvalue weighted by Crippen LogP contribution is -2.06. The Morgan fingerprint density at radius 3 is 2.32 bits per heavy atom. The molecule has 2 rings (SSSR count). The first-order chi connectivity index (χ1) is 9.08. The normalized spacial score (nSPS) is 13.9. The standard InChI is InChI=1S/C17H20O2/c1-12-9-10-16(13(2)18)17(11-12)19-14(3)15-7-5-4-6-8-15/h4-11,13-14,18H,1-3H3. The maximum atomic E-state index is 9.80. The average Bonchev–Trinajstić information content (AvgIpc) is 2.39. The van der Waals surface area contributed by atoms with E-state index < -0.39 is 6.10 Å². The molecule has 19 heavy (non-hydrogen) atoms. The van der Waals surface area contributed by atoms with Gasteiger partial charge < -0.3 is 9.84 Å². The van der Waals surface area contributed by atoms with Crippen molar-refractivity contribution in [3.8, 4) is 5.75 Å². The second-order valence-corrected chi connectivity index (χ2v) is 4.89. The molecule has 0 aliphatic heterocycles. The first-order valence-corrected chi connectivity index (χ1v) is 6.58. The smallest absolute Gasteiger partial charge is 0.126 e. The number of hydrogen-bond acceptors (Lipinski definition) is 2. The number of aliphatic hydroxyl groups excluding tert-OH is 1. The monoisotopic (exact) mass is 256 g/mol. The highest BCUT2D eigenvalue weighted by molar-refractivity contribution is 5.39. The van der Waals surface area contributed by atoms with Crippen LogP contribution in [0.25, 0.3) is 0 Å². The van der Waals surface area contributed by atoms with Crippen molar-refractivity contribution in [1.82, 2.24) is 0 Å². The van der Waals surface area contributed by atoms with E-state index in [1.807, 2.05) is 62.4 Å². The van der Waals surface area contributed by atoms with Gasteiger partial charge in [-0.15, -0.1) is 0 Å². The Kier molecular flexibility index (Phi) is 4.23. The van der Waals surface area contributed by atoms with Crippen LogP contribution < -0.4 is 4.74 Å². The van der Waals surface area contributed by atoms with Gasteiger partial charge in [0, 0.05) is 5.56 Å². The van der Waals surface area contributed by atoms with E-state index in [1.54, 1.807) is 6.92 Å². The Hall–Kier alpha value is -1.80. The number of hydrogen-bond donors (Lipinski definition) is 1. The molecule has 0 bridgehead atoms. The van der Waals surface area contributed by atoms with E-state index in [-0.39, 0.29) is 6.10 Å². The Labute approximate surface area is 114 Å². The van der Waals surface area contributed by atoms with Crippen LogP contribution in [0.2, 0.25) is 0 Å². The van der Waals surface area contributed by atoms with Crippen LogP contribution in [-0.4, -0.2) is 5.11 Å². The Bertz CT molecular complexity index is 532. The van der Waals surface area contributed by atoms with Gasteiger partial charge in [0.1, 0.15) is 11.9 Å².